The van der Waals surface area contributed by atoms with Crippen LogP contribution in [0.1, 0.15) is 32.7 Å². The van der Waals surface area contributed by atoms with E-state index in [1.807, 2.05) is 96.4 Å². The third-order valence-corrected chi connectivity index (χ3v) is 7.42. The molecule has 5 aromatic rings. The van der Waals surface area contributed by atoms with Gasteiger partial charge in [0.1, 0.15) is 11.5 Å². The maximum absolute atomic E-state index is 10.0. The van der Waals surface area contributed by atoms with Crippen molar-refractivity contribution in [3.8, 4) is 17.6 Å². The molecule has 0 bridgehead atoms. The second-order valence-electron chi connectivity index (χ2n) is 8.89. The summed E-state index contributed by atoms with van der Waals surface area (Å²) in [6, 6.07) is 39.3. The van der Waals surface area contributed by atoms with Crippen molar-refractivity contribution in [1.29, 1.82) is 5.26 Å². The Kier molecular flexibility index (Phi) is 7.88. The molecule has 0 spiro atoms. The third kappa shape index (κ3) is 5.42. The molecule has 0 aliphatic rings. The molecule has 4 aromatic carbocycles. The first-order valence-electron chi connectivity index (χ1n) is 12.5. The Bertz CT molecular complexity index is 1740. The maximum atomic E-state index is 10.0. The fourth-order valence-corrected chi connectivity index (χ4v) is 5.45. The molecule has 5 rings (SSSR count). The molecule has 0 amide bonds. The highest BCUT2D eigenvalue weighted by atomic mass is 32.1. The summed E-state index contributed by atoms with van der Waals surface area (Å²) in [6.45, 7) is 7.57. The summed E-state index contributed by atoms with van der Waals surface area (Å²) in [7, 11) is 1.65. The van der Waals surface area contributed by atoms with Crippen molar-refractivity contribution in [2.75, 3.05) is 7.11 Å². The van der Waals surface area contributed by atoms with Gasteiger partial charge < -0.3 is 9.84 Å². The summed E-state index contributed by atoms with van der Waals surface area (Å²) in [5, 5.41) is 21.6. The predicted octanol–water partition coefficient (Wildman–Crippen LogP) is 8.67. The van der Waals surface area contributed by atoms with E-state index in [0.717, 1.165) is 49.6 Å². The number of thiophene rings is 1. The van der Waals surface area contributed by atoms with Crippen molar-refractivity contribution in [2.45, 2.75) is 0 Å². The number of rotatable bonds is 7. The van der Waals surface area contributed by atoms with Gasteiger partial charge in [0.2, 0.25) is 0 Å². The minimum Gasteiger partial charge on any atom is -0.508 e. The van der Waals surface area contributed by atoms with Gasteiger partial charge in [0, 0.05) is 10.5 Å². The van der Waals surface area contributed by atoms with Gasteiger partial charge in [0.15, 0.2) is 0 Å². The fourth-order valence-electron chi connectivity index (χ4n) is 4.66. The number of benzene rings is 4. The van der Waals surface area contributed by atoms with Gasteiger partial charge in [-0.15, -0.1) is 11.3 Å². The number of methoxy groups -OCH3 is 1. The second kappa shape index (κ2) is 12.0. The van der Waals surface area contributed by atoms with Crippen molar-refractivity contribution in [3.05, 3.63) is 170 Å². The number of nitriles is 1. The van der Waals surface area contributed by atoms with Gasteiger partial charge in [-0.05, 0) is 74.7 Å². The standard InChI is InChI=1S/C35H24N2O2S/c1-37-31(23-36)35(32-9-6-22-40-32)28-12-10-25(11-13-28)33(24-7-4-3-5-8-24)34(26-14-18-29(38)19-15-26)27-16-20-30(39-2)21-17-27/h3-22,38H,2H3/b34-33?,35-31+. The molecule has 1 aromatic heterocycles. The summed E-state index contributed by atoms with van der Waals surface area (Å²) in [4.78, 5) is 4.39. The number of hydrogen-bond acceptors (Lipinski definition) is 4. The van der Waals surface area contributed by atoms with Crippen molar-refractivity contribution in [1.82, 2.24) is 0 Å². The number of phenols is 1. The fraction of sp³-hybridized carbons (Fsp3) is 0.0286. The van der Waals surface area contributed by atoms with E-state index in [1.54, 1.807) is 19.2 Å². The lowest BCUT2D eigenvalue weighted by atomic mass is 9.85. The predicted molar refractivity (Wildman–Crippen MR) is 162 cm³/mol. The number of hydrogen-bond donors (Lipinski definition) is 1. The topological polar surface area (TPSA) is 57.6 Å². The van der Waals surface area contributed by atoms with E-state index >= 15 is 0 Å². The molecule has 0 fully saturated rings. The molecule has 0 radical (unpaired) electrons. The molecule has 0 aliphatic heterocycles. The SMILES string of the molecule is [C-]#[N+]/C(C#N)=C(\c1ccc(C(=C(c2ccc(O)cc2)c2ccc(OC)cc2)c2ccccc2)cc1)c1cccs1. The normalized spacial score (nSPS) is 12.0. The first-order chi connectivity index (χ1) is 19.6. The summed E-state index contributed by atoms with van der Waals surface area (Å²) in [6.07, 6.45) is 0. The van der Waals surface area contributed by atoms with Crippen molar-refractivity contribution >= 4 is 28.1 Å². The van der Waals surface area contributed by atoms with Crippen LogP contribution >= 0.6 is 11.3 Å². The highest BCUT2D eigenvalue weighted by Crippen LogP contribution is 2.39. The van der Waals surface area contributed by atoms with Crippen LogP contribution in [0.15, 0.2) is 126 Å². The molecule has 0 saturated carbocycles. The third-order valence-electron chi connectivity index (χ3n) is 6.53. The number of phenolic OH excluding ortho intramolecular Hbond substituents is 1. The number of nitrogens with zero attached hydrogens (tertiary/aromatic N) is 2. The van der Waals surface area contributed by atoms with Crippen LogP contribution in [0.5, 0.6) is 11.5 Å². The maximum Gasteiger partial charge on any atom is 0.270 e. The molecule has 0 atom stereocenters. The number of ether oxygens (including phenoxy) is 1. The Balaban J connectivity index is 1.77. The lowest BCUT2D eigenvalue weighted by Crippen LogP contribution is -1.98. The molecule has 0 saturated heterocycles. The first-order valence-corrected chi connectivity index (χ1v) is 13.4. The molecule has 40 heavy (non-hydrogen) atoms. The average molecular weight is 537 g/mol. The van der Waals surface area contributed by atoms with Gasteiger partial charge in [-0.3, -0.25) is 0 Å². The molecular weight excluding hydrogens is 512 g/mol. The van der Waals surface area contributed by atoms with Crippen LogP contribution in [0, 0.1) is 17.9 Å². The van der Waals surface area contributed by atoms with Crippen LogP contribution in [-0.4, -0.2) is 12.2 Å². The van der Waals surface area contributed by atoms with Crippen LogP contribution in [0.4, 0.5) is 0 Å². The van der Waals surface area contributed by atoms with Crippen LogP contribution in [0.2, 0.25) is 0 Å². The molecule has 0 unspecified atom stereocenters. The van der Waals surface area contributed by atoms with E-state index in [2.05, 4.69) is 23.0 Å². The minimum atomic E-state index is 0.0667. The van der Waals surface area contributed by atoms with Crippen molar-refractivity contribution in [2.24, 2.45) is 0 Å². The van der Waals surface area contributed by atoms with E-state index < -0.39 is 0 Å². The van der Waals surface area contributed by atoms with Gasteiger partial charge in [-0.1, -0.05) is 84.9 Å². The van der Waals surface area contributed by atoms with E-state index in [9.17, 15) is 10.4 Å². The molecule has 192 valence electrons. The Morgan fingerprint density at radius 1 is 0.700 bits per heavy atom. The highest BCUT2D eigenvalue weighted by molar-refractivity contribution is 7.11. The zero-order chi connectivity index (χ0) is 27.9. The zero-order valence-electron chi connectivity index (χ0n) is 21.7. The first kappa shape index (κ1) is 26.3. The van der Waals surface area contributed by atoms with Crippen LogP contribution < -0.4 is 4.74 Å². The minimum absolute atomic E-state index is 0.0667. The van der Waals surface area contributed by atoms with Gasteiger partial charge in [0.05, 0.1) is 19.8 Å². The van der Waals surface area contributed by atoms with E-state index in [0.29, 0.717) is 5.57 Å². The lowest BCUT2D eigenvalue weighted by molar-refractivity contribution is 0.415. The monoisotopic (exact) mass is 536 g/mol. The molecule has 1 N–H and O–H groups in total. The van der Waals surface area contributed by atoms with E-state index in [1.165, 1.54) is 11.3 Å². The smallest absolute Gasteiger partial charge is 0.270 e. The summed E-state index contributed by atoms with van der Waals surface area (Å²) >= 11 is 1.50. The Labute approximate surface area is 237 Å². The summed E-state index contributed by atoms with van der Waals surface area (Å²) in [5.74, 6) is 0.963. The molecule has 1 heterocycles. The Morgan fingerprint density at radius 3 is 1.68 bits per heavy atom. The van der Waals surface area contributed by atoms with Crippen molar-refractivity contribution in [3.63, 3.8) is 0 Å². The van der Waals surface area contributed by atoms with Crippen molar-refractivity contribution < 1.29 is 9.84 Å². The second-order valence-corrected chi connectivity index (χ2v) is 9.84. The highest BCUT2D eigenvalue weighted by Gasteiger charge is 2.18. The van der Waals surface area contributed by atoms with Gasteiger partial charge in [-0.25, -0.2) is 10.1 Å². The summed E-state index contributed by atoms with van der Waals surface area (Å²) in [5.41, 5.74) is 7.46. The van der Waals surface area contributed by atoms with Crippen LogP contribution in [-0.2, 0) is 0 Å². The van der Waals surface area contributed by atoms with Gasteiger partial charge in [-0.2, -0.15) is 0 Å². The average Bonchev–Trinajstić information content (AvgIpc) is 3.54. The zero-order valence-corrected chi connectivity index (χ0v) is 22.5. The Hall–Kier alpha value is -5.36. The largest absolute Gasteiger partial charge is 0.508 e. The van der Waals surface area contributed by atoms with Crippen LogP contribution in [0.3, 0.4) is 0 Å². The molecular formula is C35H24N2O2S. The van der Waals surface area contributed by atoms with E-state index in [-0.39, 0.29) is 11.4 Å². The molecule has 5 heteroatoms. The van der Waals surface area contributed by atoms with Gasteiger partial charge in [0.25, 0.3) is 5.70 Å². The quantitative estimate of drug-likeness (QED) is 0.129. The lowest BCUT2D eigenvalue weighted by Gasteiger charge is -2.19. The molecule has 4 nitrogen and oxygen atoms in total. The number of allylic oxidation sites excluding steroid dienone is 1. The van der Waals surface area contributed by atoms with Gasteiger partial charge >= 0.3 is 0 Å². The van der Waals surface area contributed by atoms with Crippen LogP contribution in [0.25, 0.3) is 21.6 Å². The summed E-state index contributed by atoms with van der Waals surface area (Å²) < 4.78 is 5.41. The van der Waals surface area contributed by atoms with E-state index in [4.69, 9.17) is 11.3 Å². The number of aromatic hydroxyl groups is 1. The molecule has 0 aliphatic carbocycles. The Morgan fingerprint density at radius 2 is 1.20 bits per heavy atom.